The fourth-order valence-electron chi connectivity index (χ4n) is 4.95. The molecule has 2 aromatic carbocycles. The van der Waals surface area contributed by atoms with Crippen LogP contribution in [0.1, 0.15) is 68.2 Å². The van der Waals surface area contributed by atoms with E-state index in [4.69, 9.17) is 0 Å². The predicted molar refractivity (Wildman–Crippen MR) is 131 cm³/mol. The van der Waals surface area contributed by atoms with Gasteiger partial charge in [0.05, 0.1) is 30.2 Å². The van der Waals surface area contributed by atoms with Crippen LogP contribution in [0.3, 0.4) is 0 Å². The molecule has 4 aromatic rings. The smallest absolute Gasteiger partial charge is 0.320 e. The van der Waals surface area contributed by atoms with Crippen LogP contribution in [0.15, 0.2) is 64.4 Å². The zero-order chi connectivity index (χ0) is 23.8. The van der Waals surface area contributed by atoms with Gasteiger partial charge in [-0.05, 0) is 48.1 Å². The molecule has 0 radical (unpaired) electrons. The average Bonchev–Trinajstić information content (AvgIpc) is 3.51. The number of fused-ring (bicyclic) bond motifs is 1. The summed E-state index contributed by atoms with van der Waals surface area (Å²) in [6, 6.07) is 17.3. The maximum absolute atomic E-state index is 13.7. The third kappa shape index (κ3) is 3.65. The number of aromatic nitrogens is 4. The maximum Gasteiger partial charge on any atom is 0.337 e. The van der Waals surface area contributed by atoms with Gasteiger partial charge in [-0.1, -0.05) is 57.0 Å². The van der Waals surface area contributed by atoms with Crippen molar-refractivity contribution in [1.82, 2.24) is 18.7 Å². The Hall–Kier alpha value is -3.92. The van der Waals surface area contributed by atoms with Crippen molar-refractivity contribution in [2.24, 2.45) is 0 Å². The Morgan fingerprint density at radius 3 is 2.44 bits per heavy atom. The predicted octanol–water partition coefficient (Wildman–Crippen LogP) is 4.51. The van der Waals surface area contributed by atoms with Gasteiger partial charge in [0.25, 0.3) is 5.56 Å². The van der Waals surface area contributed by atoms with Crippen LogP contribution in [-0.4, -0.2) is 18.7 Å². The Morgan fingerprint density at radius 2 is 1.76 bits per heavy atom. The van der Waals surface area contributed by atoms with Crippen LogP contribution < -0.4 is 11.2 Å². The van der Waals surface area contributed by atoms with E-state index in [1.807, 2.05) is 42.5 Å². The van der Waals surface area contributed by atoms with Crippen molar-refractivity contribution in [1.29, 1.82) is 5.26 Å². The van der Waals surface area contributed by atoms with Crippen LogP contribution in [0.5, 0.6) is 0 Å². The summed E-state index contributed by atoms with van der Waals surface area (Å²) in [4.78, 5) is 31.9. The third-order valence-electron chi connectivity index (χ3n) is 6.84. The molecule has 7 heteroatoms. The first-order chi connectivity index (χ1) is 16.5. The van der Waals surface area contributed by atoms with E-state index in [0.717, 1.165) is 31.2 Å². The van der Waals surface area contributed by atoms with Gasteiger partial charge < -0.3 is 4.57 Å². The van der Waals surface area contributed by atoms with Crippen molar-refractivity contribution < 1.29 is 0 Å². The van der Waals surface area contributed by atoms with Gasteiger partial charge in [0.2, 0.25) is 0 Å². The van der Waals surface area contributed by atoms with E-state index in [-0.39, 0.29) is 17.3 Å². The second-order valence-corrected chi connectivity index (χ2v) is 9.29. The summed E-state index contributed by atoms with van der Waals surface area (Å²) in [6.45, 7) is 4.57. The van der Waals surface area contributed by atoms with Crippen LogP contribution in [-0.2, 0) is 6.54 Å². The lowest BCUT2D eigenvalue weighted by molar-refractivity contribution is 0.474. The first kappa shape index (κ1) is 21.9. The summed E-state index contributed by atoms with van der Waals surface area (Å²) in [5.74, 6) is 0.373. The summed E-state index contributed by atoms with van der Waals surface area (Å²) >= 11 is 0. The number of benzene rings is 2. The Morgan fingerprint density at radius 1 is 1.06 bits per heavy atom. The second kappa shape index (κ2) is 8.79. The number of imidazole rings is 1. The van der Waals surface area contributed by atoms with Crippen molar-refractivity contribution in [2.45, 2.75) is 58.0 Å². The highest BCUT2D eigenvalue weighted by Gasteiger charge is 2.26. The molecule has 0 saturated heterocycles. The first-order valence-corrected chi connectivity index (χ1v) is 11.8. The maximum atomic E-state index is 13.7. The molecule has 5 rings (SSSR count). The topological polar surface area (TPSA) is 85.6 Å². The summed E-state index contributed by atoms with van der Waals surface area (Å²) < 4.78 is 4.75. The van der Waals surface area contributed by atoms with Crippen LogP contribution in [0.2, 0.25) is 0 Å². The van der Waals surface area contributed by atoms with Crippen molar-refractivity contribution in [3.05, 3.63) is 92.4 Å². The molecule has 1 aliphatic carbocycles. The monoisotopic (exact) mass is 453 g/mol. The van der Waals surface area contributed by atoms with Gasteiger partial charge in [-0.3, -0.25) is 9.36 Å². The average molecular weight is 454 g/mol. The molecule has 1 fully saturated rings. The van der Waals surface area contributed by atoms with E-state index in [9.17, 15) is 14.9 Å². The van der Waals surface area contributed by atoms with Crippen LogP contribution in [0, 0.1) is 11.3 Å². The van der Waals surface area contributed by atoms with Crippen LogP contribution >= 0.6 is 0 Å². The van der Waals surface area contributed by atoms with Gasteiger partial charge >= 0.3 is 5.69 Å². The lowest BCUT2D eigenvalue weighted by Crippen LogP contribution is -2.41. The molecule has 0 atom stereocenters. The molecular formula is C27H27N5O2. The minimum Gasteiger partial charge on any atom is -0.320 e. The van der Waals surface area contributed by atoms with Gasteiger partial charge in [-0.2, -0.15) is 5.26 Å². The highest BCUT2D eigenvalue weighted by atomic mass is 16.2. The van der Waals surface area contributed by atoms with Crippen molar-refractivity contribution in [3.8, 4) is 11.8 Å². The quantitative estimate of drug-likeness (QED) is 0.445. The van der Waals surface area contributed by atoms with Gasteiger partial charge in [-0.25, -0.2) is 14.3 Å². The van der Waals surface area contributed by atoms with Crippen LogP contribution in [0.25, 0.3) is 16.9 Å². The Balaban J connectivity index is 1.75. The fourth-order valence-corrected chi connectivity index (χ4v) is 4.95. The van der Waals surface area contributed by atoms with E-state index in [1.54, 1.807) is 21.5 Å². The molecule has 2 aromatic heterocycles. The minimum absolute atomic E-state index is 0.111. The number of nitrogens with zero attached hydrogens (tertiary/aromatic N) is 5. The second-order valence-electron chi connectivity index (χ2n) is 9.29. The Bertz CT molecular complexity index is 1510. The summed E-state index contributed by atoms with van der Waals surface area (Å²) in [7, 11) is 0. The van der Waals surface area contributed by atoms with Crippen molar-refractivity contribution in [3.63, 3.8) is 0 Å². The molecular weight excluding hydrogens is 426 g/mol. The number of nitriles is 1. The molecule has 1 aliphatic rings. The zero-order valence-electron chi connectivity index (χ0n) is 19.4. The molecule has 2 heterocycles. The standard InChI is InChI=1S/C27H27N5O2/c1-18(2)19-11-13-23(14-12-19)31-25-24(26(33)32(27(31)34)22-9-5-6-10-22)30(17-29-25)16-21-8-4-3-7-20(21)15-28/h3-4,7-8,11-14,17-18,22H,5-6,9-10,16H2,1-2H3. The Labute approximate surface area is 197 Å². The SMILES string of the molecule is CC(C)c1ccc(-n2c(=O)n(C3CCCC3)c(=O)c3c2ncn3Cc2ccccc2C#N)cc1. The van der Waals surface area contributed by atoms with E-state index < -0.39 is 0 Å². The lowest BCUT2D eigenvalue weighted by atomic mass is 10.0. The van der Waals surface area contributed by atoms with Gasteiger partial charge in [0, 0.05) is 6.04 Å². The number of hydrogen-bond acceptors (Lipinski definition) is 4. The minimum atomic E-state index is -0.343. The molecule has 1 saturated carbocycles. The normalized spacial score (nSPS) is 14.2. The molecule has 0 spiro atoms. The van der Waals surface area contributed by atoms with E-state index >= 15 is 0 Å². The molecule has 0 amide bonds. The van der Waals surface area contributed by atoms with E-state index in [1.165, 1.54) is 10.1 Å². The molecule has 0 unspecified atom stereocenters. The molecule has 34 heavy (non-hydrogen) atoms. The summed E-state index contributed by atoms with van der Waals surface area (Å²) in [5.41, 5.74) is 3.29. The molecule has 7 nitrogen and oxygen atoms in total. The molecule has 0 N–H and O–H groups in total. The Kier molecular flexibility index (Phi) is 5.66. The summed E-state index contributed by atoms with van der Waals surface area (Å²) in [5, 5.41) is 9.51. The molecule has 0 bridgehead atoms. The first-order valence-electron chi connectivity index (χ1n) is 11.8. The van der Waals surface area contributed by atoms with Crippen molar-refractivity contribution >= 4 is 11.2 Å². The molecule has 0 aliphatic heterocycles. The summed E-state index contributed by atoms with van der Waals surface area (Å²) in [6.07, 6.45) is 5.24. The van der Waals surface area contributed by atoms with Crippen molar-refractivity contribution in [2.75, 3.05) is 0 Å². The highest BCUT2D eigenvalue weighted by molar-refractivity contribution is 5.72. The van der Waals surface area contributed by atoms with E-state index in [2.05, 4.69) is 24.9 Å². The van der Waals surface area contributed by atoms with E-state index in [0.29, 0.717) is 34.9 Å². The van der Waals surface area contributed by atoms with Crippen LogP contribution in [0.4, 0.5) is 0 Å². The highest BCUT2D eigenvalue weighted by Crippen LogP contribution is 2.28. The van der Waals surface area contributed by atoms with Gasteiger partial charge in [-0.15, -0.1) is 0 Å². The van der Waals surface area contributed by atoms with Gasteiger partial charge in [0.15, 0.2) is 11.2 Å². The third-order valence-corrected chi connectivity index (χ3v) is 6.84. The largest absolute Gasteiger partial charge is 0.337 e. The lowest BCUT2D eigenvalue weighted by Gasteiger charge is -2.17. The number of hydrogen-bond donors (Lipinski definition) is 0. The molecule has 172 valence electrons. The zero-order valence-corrected chi connectivity index (χ0v) is 19.4. The van der Waals surface area contributed by atoms with Gasteiger partial charge in [0.1, 0.15) is 0 Å². The number of rotatable bonds is 5. The fraction of sp³-hybridized carbons (Fsp3) is 0.333.